The normalized spacial score (nSPS) is 10.6. The van der Waals surface area contributed by atoms with Gasteiger partial charge in [-0.2, -0.15) is 20.1 Å². The Bertz CT molecular complexity index is 654. The Morgan fingerprint density at radius 1 is 1.26 bits per heavy atom. The van der Waals surface area contributed by atoms with Crippen LogP contribution in [-0.4, -0.2) is 24.7 Å². The Kier molecular flexibility index (Phi) is 3.11. The maximum Gasteiger partial charge on any atom is 0.323 e. The first kappa shape index (κ1) is 11.7. The highest BCUT2D eigenvalue weighted by Gasteiger charge is 2.08. The number of furan rings is 1. The Morgan fingerprint density at radius 2 is 2.21 bits per heavy atom. The Morgan fingerprint density at radius 3 is 2.95 bits per heavy atom. The Balaban J connectivity index is 1.82. The van der Waals surface area contributed by atoms with Gasteiger partial charge >= 0.3 is 6.01 Å². The van der Waals surface area contributed by atoms with Crippen molar-refractivity contribution in [1.82, 2.24) is 24.7 Å². The van der Waals surface area contributed by atoms with Crippen molar-refractivity contribution in [2.45, 2.75) is 6.61 Å². The van der Waals surface area contributed by atoms with Crippen molar-refractivity contribution in [3.8, 4) is 12.0 Å². The molecule has 3 aromatic heterocycles. The molecule has 0 atom stereocenters. The van der Waals surface area contributed by atoms with Crippen molar-refractivity contribution in [1.29, 1.82) is 0 Å². The van der Waals surface area contributed by atoms with Crippen LogP contribution in [0.5, 0.6) is 6.01 Å². The van der Waals surface area contributed by atoms with Gasteiger partial charge in [0.25, 0.3) is 5.95 Å². The summed E-state index contributed by atoms with van der Waals surface area (Å²) >= 11 is 5.82. The summed E-state index contributed by atoms with van der Waals surface area (Å²) in [6.45, 7) is 0.214. The van der Waals surface area contributed by atoms with Gasteiger partial charge < -0.3 is 9.15 Å². The molecule has 3 aromatic rings. The van der Waals surface area contributed by atoms with E-state index < -0.39 is 0 Å². The third-order valence-electron chi connectivity index (χ3n) is 2.21. The number of rotatable bonds is 4. The molecule has 0 amide bonds. The second-order valence-corrected chi connectivity index (χ2v) is 3.84. The number of ether oxygens (including phenoxy) is 1. The summed E-state index contributed by atoms with van der Waals surface area (Å²) in [5.41, 5.74) is 0. The minimum absolute atomic E-state index is 0.0370. The van der Waals surface area contributed by atoms with Crippen LogP contribution in [0.1, 0.15) is 5.76 Å². The molecule has 0 aromatic carbocycles. The standard InChI is InChI=1S/C11H8ClN5O2/c12-9-14-10(17-5-2-4-13-17)16-11(15-9)19-7-8-3-1-6-18-8/h1-6H,7H2. The first-order valence-corrected chi connectivity index (χ1v) is 5.76. The SMILES string of the molecule is Clc1nc(OCc2ccco2)nc(-n2cccn2)n1. The van der Waals surface area contributed by atoms with E-state index in [1.54, 1.807) is 36.9 Å². The summed E-state index contributed by atoms with van der Waals surface area (Å²) in [6, 6.07) is 5.42. The van der Waals surface area contributed by atoms with Gasteiger partial charge in [0.15, 0.2) is 0 Å². The van der Waals surface area contributed by atoms with E-state index in [4.69, 9.17) is 20.8 Å². The topological polar surface area (TPSA) is 78.9 Å². The van der Waals surface area contributed by atoms with Crippen LogP contribution in [0.25, 0.3) is 5.95 Å². The molecule has 0 fully saturated rings. The van der Waals surface area contributed by atoms with Gasteiger partial charge in [0, 0.05) is 12.4 Å². The van der Waals surface area contributed by atoms with Gasteiger partial charge in [-0.05, 0) is 29.8 Å². The zero-order valence-electron chi connectivity index (χ0n) is 9.60. The third-order valence-corrected chi connectivity index (χ3v) is 2.38. The molecule has 0 aliphatic carbocycles. The second kappa shape index (κ2) is 5.07. The summed E-state index contributed by atoms with van der Waals surface area (Å²) in [5, 5.41) is 4.05. The van der Waals surface area contributed by atoms with Crippen molar-refractivity contribution < 1.29 is 9.15 Å². The molecule has 0 spiro atoms. The number of nitrogens with zero attached hydrogens (tertiary/aromatic N) is 5. The Labute approximate surface area is 112 Å². The highest BCUT2D eigenvalue weighted by molar-refractivity contribution is 6.28. The minimum atomic E-state index is 0.0370. The minimum Gasteiger partial charge on any atom is -0.466 e. The molecule has 8 heteroatoms. The predicted molar refractivity (Wildman–Crippen MR) is 65.0 cm³/mol. The predicted octanol–water partition coefficient (Wildman–Crippen LogP) is 1.88. The summed E-state index contributed by atoms with van der Waals surface area (Å²) in [6.07, 6.45) is 4.87. The average Bonchev–Trinajstić information content (AvgIpc) is 3.09. The van der Waals surface area contributed by atoms with E-state index in [0.717, 1.165) is 0 Å². The van der Waals surface area contributed by atoms with Crippen LogP contribution in [0.15, 0.2) is 41.3 Å². The largest absolute Gasteiger partial charge is 0.466 e. The monoisotopic (exact) mass is 277 g/mol. The summed E-state index contributed by atoms with van der Waals surface area (Å²) in [4.78, 5) is 11.9. The first-order chi connectivity index (χ1) is 9.31. The van der Waals surface area contributed by atoms with Crippen LogP contribution in [0, 0.1) is 0 Å². The molecule has 0 saturated carbocycles. The summed E-state index contributed by atoms with van der Waals surface area (Å²) < 4.78 is 12.0. The zero-order valence-corrected chi connectivity index (χ0v) is 10.4. The van der Waals surface area contributed by atoms with E-state index in [1.165, 1.54) is 4.68 Å². The number of hydrogen-bond donors (Lipinski definition) is 0. The first-order valence-electron chi connectivity index (χ1n) is 5.38. The molecule has 0 radical (unpaired) electrons. The summed E-state index contributed by atoms with van der Waals surface area (Å²) in [5.74, 6) is 0.955. The van der Waals surface area contributed by atoms with Crippen LogP contribution >= 0.6 is 11.6 Å². The van der Waals surface area contributed by atoms with Gasteiger partial charge in [-0.25, -0.2) is 4.68 Å². The van der Waals surface area contributed by atoms with E-state index >= 15 is 0 Å². The molecule has 7 nitrogen and oxygen atoms in total. The number of halogens is 1. The lowest BCUT2D eigenvalue weighted by Crippen LogP contribution is -2.06. The highest BCUT2D eigenvalue weighted by Crippen LogP contribution is 2.12. The molecule has 3 rings (SSSR count). The third kappa shape index (κ3) is 2.71. The smallest absolute Gasteiger partial charge is 0.323 e. The van der Waals surface area contributed by atoms with Crippen LogP contribution in [-0.2, 0) is 6.61 Å². The van der Waals surface area contributed by atoms with Crippen molar-refractivity contribution in [3.05, 3.63) is 47.9 Å². The molecular formula is C11H8ClN5O2. The van der Waals surface area contributed by atoms with Gasteiger partial charge in [-0.3, -0.25) is 0 Å². The van der Waals surface area contributed by atoms with Crippen molar-refractivity contribution in [2.75, 3.05) is 0 Å². The van der Waals surface area contributed by atoms with Crippen molar-refractivity contribution in [2.24, 2.45) is 0 Å². The average molecular weight is 278 g/mol. The van der Waals surface area contributed by atoms with Crippen molar-refractivity contribution >= 4 is 11.6 Å². The molecule has 3 heterocycles. The van der Waals surface area contributed by atoms with Gasteiger partial charge in [-0.1, -0.05) is 0 Å². The van der Waals surface area contributed by atoms with Gasteiger partial charge in [0.05, 0.1) is 6.26 Å². The molecule has 96 valence electrons. The molecule has 0 aliphatic heterocycles. The highest BCUT2D eigenvalue weighted by atomic mass is 35.5. The molecule has 0 N–H and O–H groups in total. The van der Waals surface area contributed by atoms with Gasteiger partial charge in [0.1, 0.15) is 12.4 Å². The van der Waals surface area contributed by atoms with E-state index in [-0.39, 0.29) is 17.9 Å². The van der Waals surface area contributed by atoms with Crippen LogP contribution in [0.2, 0.25) is 5.28 Å². The lowest BCUT2D eigenvalue weighted by Gasteiger charge is -2.04. The van der Waals surface area contributed by atoms with Crippen LogP contribution < -0.4 is 4.74 Å². The maximum absolute atomic E-state index is 5.82. The van der Waals surface area contributed by atoms with E-state index in [1.807, 2.05) is 0 Å². The van der Waals surface area contributed by atoms with Crippen LogP contribution in [0.4, 0.5) is 0 Å². The lowest BCUT2D eigenvalue weighted by molar-refractivity contribution is 0.249. The molecule has 0 saturated heterocycles. The van der Waals surface area contributed by atoms with Gasteiger partial charge in [-0.15, -0.1) is 0 Å². The number of aromatic nitrogens is 5. The molecule has 0 aliphatic rings. The maximum atomic E-state index is 5.82. The second-order valence-electron chi connectivity index (χ2n) is 3.51. The Hall–Kier alpha value is -2.41. The van der Waals surface area contributed by atoms with Gasteiger partial charge in [0.2, 0.25) is 5.28 Å². The van der Waals surface area contributed by atoms with E-state index in [9.17, 15) is 0 Å². The van der Waals surface area contributed by atoms with E-state index in [2.05, 4.69) is 20.1 Å². The van der Waals surface area contributed by atoms with E-state index in [0.29, 0.717) is 11.7 Å². The fraction of sp³-hybridized carbons (Fsp3) is 0.0909. The number of hydrogen-bond acceptors (Lipinski definition) is 6. The molecule has 0 bridgehead atoms. The lowest BCUT2D eigenvalue weighted by atomic mass is 10.5. The fourth-order valence-corrected chi connectivity index (χ4v) is 1.55. The molecule has 19 heavy (non-hydrogen) atoms. The summed E-state index contributed by atoms with van der Waals surface area (Å²) in [7, 11) is 0. The zero-order chi connectivity index (χ0) is 13.1. The fourth-order valence-electron chi connectivity index (χ4n) is 1.41. The quantitative estimate of drug-likeness (QED) is 0.724. The molecular weight excluding hydrogens is 270 g/mol. The van der Waals surface area contributed by atoms with Crippen molar-refractivity contribution in [3.63, 3.8) is 0 Å². The molecule has 0 unspecified atom stereocenters. The van der Waals surface area contributed by atoms with Crippen LogP contribution in [0.3, 0.4) is 0 Å².